The van der Waals surface area contributed by atoms with Crippen LogP contribution in [-0.4, -0.2) is 71.0 Å². The third-order valence-corrected chi connectivity index (χ3v) is 6.27. The van der Waals surface area contributed by atoms with Gasteiger partial charge in [0.05, 0.1) is 0 Å². The van der Waals surface area contributed by atoms with Crippen LogP contribution < -0.4 is 10.2 Å². The molecule has 158 valence electrons. The number of ketones is 1. The van der Waals surface area contributed by atoms with Crippen LogP contribution in [0.5, 0.6) is 0 Å². The fraction of sp³-hybridized carbons (Fsp3) is 0.632. The molecule has 1 aliphatic heterocycles. The molecule has 0 spiro atoms. The Balaban J connectivity index is 0.00000196. The number of pyridine rings is 1. The Hall–Kier alpha value is -1.41. The first-order valence-electron chi connectivity index (χ1n) is 9.31. The second-order valence-corrected chi connectivity index (χ2v) is 7.26. The quantitative estimate of drug-likeness (QED) is 0.735. The minimum atomic E-state index is -1.23. The van der Waals surface area contributed by atoms with Crippen molar-refractivity contribution in [1.29, 1.82) is 0 Å². The molecule has 0 aromatic carbocycles. The number of carbonyl (C=O) groups is 2. The molecular formula is C19H30Cl2N4O3. The van der Waals surface area contributed by atoms with E-state index in [0.717, 1.165) is 31.6 Å². The summed E-state index contributed by atoms with van der Waals surface area (Å²) in [6.07, 6.45) is 6.31. The maximum absolute atomic E-state index is 12.9. The molecule has 2 N–H and O–H groups in total. The number of nitrogens with zero attached hydrogens (tertiary/aromatic N) is 3. The number of piperazine rings is 1. The number of anilines is 1. The van der Waals surface area contributed by atoms with Gasteiger partial charge in [-0.2, -0.15) is 0 Å². The molecule has 2 unspecified atom stereocenters. The van der Waals surface area contributed by atoms with Gasteiger partial charge in [0, 0.05) is 44.3 Å². The summed E-state index contributed by atoms with van der Waals surface area (Å²) in [5, 5.41) is 13.1. The zero-order chi connectivity index (χ0) is 18.8. The minimum Gasteiger partial charge on any atom is -0.480 e. The van der Waals surface area contributed by atoms with Crippen molar-refractivity contribution in [3.05, 3.63) is 24.5 Å². The minimum absolute atomic E-state index is 0. The zero-order valence-corrected chi connectivity index (χ0v) is 18.0. The smallest absolute Gasteiger partial charge is 0.326 e. The summed E-state index contributed by atoms with van der Waals surface area (Å²) in [5.41, 5.74) is -1.11. The fourth-order valence-electron chi connectivity index (χ4n) is 4.94. The fourth-order valence-corrected chi connectivity index (χ4v) is 4.94. The van der Waals surface area contributed by atoms with E-state index in [1.807, 2.05) is 12.1 Å². The second-order valence-electron chi connectivity index (χ2n) is 7.26. The van der Waals surface area contributed by atoms with Gasteiger partial charge in [0.2, 0.25) is 0 Å². The van der Waals surface area contributed by atoms with Crippen molar-refractivity contribution in [2.45, 2.75) is 43.7 Å². The molecular weight excluding hydrogens is 403 g/mol. The number of likely N-dealkylation sites (N-methyl/N-ethyl adjacent to an activating group) is 1. The van der Waals surface area contributed by atoms with Crippen molar-refractivity contribution in [3.8, 4) is 0 Å². The van der Waals surface area contributed by atoms with Gasteiger partial charge in [-0.25, -0.2) is 0 Å². The molecule has 1 saturated heterocycles. The van der Waals surface area contributed by atoms with Gasteiger partial charge in [-0.05, 0) is 38.9 Å². The highest BCUT2D eigenvalue weighted by Gasteiger charge is 2.63. The average molecular weight is 433 g/mol. The Labute approximate surface area is 178 Å². The molecule has 2 aliphatic rings. The van der Waals surface area contributed by atoms with Crippen LogP contribution in [0, 0.1) is 0 Å². The molecule has 28 heavy (non-hydrogen) atoms. The van der Waals surface area contributed by atoms with Crippen molar-refractivity contribution in [3.63, 3.8) is 0 Å². The Morgan fingerprint density at radius 3 is 2.14 bits per heavy atom. The summed E-state index contributed by atoms with van der Waals surface area (Å²) >= 11 is 0. The summed E-state index contributed by atoms with van der Waals surface area (Å²) in [7, 11) is 1.67. The molecule has 2 heterocycles. The number of hydrogen-bond donors (Lipinski definition) is 2. The summed E-state index contributed by atoms with van der Waals surface area (Å²) in [6.45, 7) is 4.41. The molecule has 2 fully saturated rings. The molecule has 1 aliphatic carbocycles. The number of carboxylic acid groups (broad SMARTS) is 1. The summed E-state index contributed by atoms with van der Waals surface area (Å²) < 4.78 is 0. The first-order valence-corrected chi connectivity index (χ1v) is 9.31. The Morgan fingerprint density at radius 1 is 1.07 bits per heavy atom. The van der Waals surface area contributed by atoms with Crippen molar-refractivity contribution < 1.29 is 14.7 Å². The average Bonchev–Trinajstić information content (AvgIpc) is 2.68. The van der Waals surface area contributed by atoms with E-state index in [2.05, 4.69) is 20.1 Å². The normalized spacial score (nSPS) is 28.0. The Bertz CT molecular complexity index is 670. The zero-order valence-electron chi connectivity index (χ0n) is 16.4. The molecule has 9 heteroatoms. The van der Waals surface area contributed by atoms with Crippen LogP contribution in [0.15, 0.2) is 24.5 Å². The highest BCUT2D eigenvalue weighted by Crippen LogP contribution is 2.43. The van der Waals surface area contributed by atoms with Gasteiger partial charge >= 0.3 is 5.97 Å². The summed E-state index contributed by atoms with van der Waals surface area (Å²) in [6, 6.07) is 3.96. The lowest BCUT2D eigenvalue weighted by molar-refractivity contribution is -0.164. The highest BCUT2D eigenvalue weighted by atomic mass is 35.5. The number of nitrogens with one attached hydrogen (secondary N) is 1. The first-order chi connectivity index (χ1) is 12.5. The van der Waals surface area contributed by atoms with E-state index in [-0.39, 0.29) is 30.6 Å². The van der Waals surface area contributed by atoms with Crippen molar-refractivity contribution >= 4 is 42.3 Å². The van der Waals surface area contributed by atoms with Gasteiger partial charge < -0.3 is 15.3 Å². The van der Waals surface area contributed by atoms with E-state index in [1.54, 1.807) is 26.4 Å². The van der Waals surface area contributed by atoms with Gasteiger partial charge in [0.25, 0.3) is 0 Å². The Kier molecular flexibility index (Phi) is 8.68. The van der Waals surface area contributed by atoms with Crippen LogP contribution in [0.25, 0.3) is 0 Å². The van der Waals surface area contributed by atoms with E-state index < -0.39 is 17.0 Å². The molecule has 0 radical (unpaired) electrons. The van der Waals surface area contributed by atoms with Crippen molar-refractivity contribution in [1.82, 2.24) is 15.2 Å². The lowest BCUT2D eigenvalue weighted by Crippen LogP contribution is -2.78. The first kappa shape index (κ1) is 24.6. The van der Waals surface area contributed by atoms with Gasteiger partial charge in [0.1, 0.15) is 11.1 Å². The monoisotopic (exact) mass is 432 g/mol. The lowest BCUT2D eigenvalue weighted by Gasteiger charge is -2.56. The van der Waals surface area contributed by atoms with Crippen molar-refractivity contribution in [2.75, 3.05) is 38.1 Å². The van der Waals surface area contributed by atoms with E-state index >= 15 is 0 Å². The molecule has 2 atom stereocenters. The van der Waals surface area contributed by atoms with E-state index in [0.29, 0.717) is 25.9 Å². The lowest BCUT2D eigenvalue weighted by atomic mass is 9.63. The SMILES string of the molecule is CNC1(C(=O)O)CCCCC1(C(C)=O)N1CCN(c2ccncc2)CC1.Cl.Cl. The number of Topliss-reactive ketones (excluding diaryl/α,β-unsaturated/α-hetero) is 1. The molecule has 1 saturated carbocycles. The van der Waals surface area contributed by atoms with Crippen LogP contribution in [0.1, 0.15) is 32.6 Å². The number of carbonyl (C=O) groups excluding carboxylic acids is 1. The number of rotatable bonds is 5. The summed E-state index contributed by atoms with van der Waals surface area (Å²) in [5.74, 6) is -0.974. The van der Waals surface area contributed by atoms with Gasteiger partial charge in [-0.15, -0.1) is 24.8 Å². The molecule has 1 aromatic rings. The molecule has 7 nitrogen and oxygen atoms in total. The van der Waals surface area contributed by atoms with Crippen LogP contribution in [0.3, 0.4) is 0 Å². The number of carboxylic acids is 1. The number of hydrogen-bond acceptors (Lipinski definition) is 6. The van der Waals surface area contributed by atoms with Crippen LogP contribution in [0.2, 0.25) is 0 Å². The number of halogens is 2. The number of aromatic nitrogens is 1. The van der Waals surface area contributed by atoms with Crippen LogP contribution >= 0.6 is 24.8 Å². The Morgan fingerprint density at radius 2 is 1.64 bits per heavy atom. The molecule has 0 amide bonds. The largest absolute Gasteiger partial charge is 0.480 e. The molecule has 0 bridgehead atoms. The number of aliphatic carboxylic acids is 1. The third-order valence-electron chi connectivity index (χ3n) is 6.27. The van der Waals surface area contributed by atoms with Gasteiger partial charge in [-0.3, -0.25) is 19.5 Å². The summed E-state index contributed by atoms with van der Waals surface area (Å²) in [4.78, 5) is 33.6. The predicted octanol–water partition coefficient (Wildman–Crippen LogP) is 1.99. The highest BCUT2D eigenvalue weighted by molar-refractivity contribution is 5.97. The third kappa shape index (κ3) is 3.85. The van der Waals surface area contributed by atoms with E-state index in [1.165, 1.54) is 0 Å². The molecule has 3 rings (SSSR count). The molecule has 1 aromatic heterocycles. The van der Waals surface area contributed by atoms with Gasteiger partial charge in [0.15, 0.2) is 5.78 Å². The topological polar surface area (TPSA) is 85.8 Å². The van der Waals surface area contributed by atoms with E-state index in [9.17, 15) is 14.7 Å². The van der Waals surface area contributed by atoms with Gasteiger partial charge in [-0.1, -0.05) is 12.8 Å². The standard InChI is InChI=1S/C19H28N4O3.2ClH/c1-15(24)19(8-4-3-7-18(19,20-2)17(25)26)23-13-11-22(12-14-23)16-5-9-21-10-6-16;;/h5-6,9-10,20H,3-4,7-8,11-14H2,1-2H3,(H,25,26);2*1H. The van der Waals surface area contributed by atoms with Crippen LogP contribution in [0.4, 0.5) is 5.69 Å². The van der Waals surface area contributed by atoms with Crippen LogP contribution in [-0.2, 0) is 9.59 Å². The van der Waals surface area contributed by atoms with E-state index in [4.69, 9.17) is 0 Å². The van der Waals surface area contributed by atoms with Crippen molar-refractivity contribution in [2.24, 2.45) is 0 Å². The maximum atomic E-state index is 12.9. The maximum Gasteiger partial charge on any atom is 0.326 e. The predicted molar refractivity (Wildman–Crippen MR) is 114 cm³/mol. The second kappa shape index (κ2) is 9.87.